The summed E-state index contributed by atoms with van der Waals surface area (Å²) in [7, 11) is 2.47. The minimum atomic E-state index is -2.77. The lowest BCUT2D eigenvalue weighted by molar-refractivity contribution is -0.0521. The van der Waals surface area contributed by atoms with Gasteiger partial charge < -0.3 is 22.8 Å². The van der Waals surface area contributed by atoms with Gasteiger partial charge >= 0.3 is 8.80 Å². The zero-order valence-electron chi connectivity index (χ0n) is 17.8. The monoisotopic (exact) mass is 420 g/mol. The van der Waals surface area contributed by atoms with Crippen molar-refractivity contribution < 1.29 is 22.8 Å². The molecule has 0 spiro atoms. The molecule has 2 aliphatic rings. The Kier molecular flexibility index (Phi) is 8.55. The van der Waals surface area contributed by atoms with E-state index in [-0.39, 0.29) is 16.0 Å². The van der Waals surface area contributed by atoms with Crippen LogP contribution in [0.1, 0.15) is 51.4 Å². The Hall–Kier alpha value is 0.451. The quantitative estimate of drug-likeness (QED) is 0.535. The molecule has 0 bridgehead atoms. The maximum Gasteiger partial charge on any atom is 0.503 e. The fraction of sp³-hybridized carbons (Fsp3) is 1.00. The van der Waals surface area contributed by atoms with E-state index in [0.29, 0.717) is 0 Å². The average Bonchev–Trinajstić information content (AvgIpc) is 2.64. The molecular formula is C18H40O5Si3. The Bertz CT molecular complexity index is 411. The van der Waals surface area contributed by atoms with Gasteiger partial charge in [-0.25, -0.2) is 0 Å². The first-order chi connectivity index (χ1) is 12.4. The molecule has 2 heterocycles. The third kappa shape index (κ3) is 5.08. The summed E-state index contributed by atoms with van der Waals surface area (Å²) in [5.41, 5.74) is 0.228. The highest BCUT2D eigenvalue weighted by molar-refractivity contribution is 6.63. The van der Waals surface area contributed by atoms with Crippen LogP contribution < -0.4 is 0 Å². The molecule has 0 aromatic heterocycles. The van der Waals surface area contributed by atoms with Gasteiger partial charge in [0, 0.05) is 55.6 Å². The summed E-state index contributed by atoms with van der Waals surface area (Å²) in [4.78, 5) is 0. The first kappa shape index (κ1) is 22.7. The summed E-state index contributed by atoms with van der Waals surface area (Å²) in [6.45, 7) is 6.62. The smallest absolute Gasteiger partial charge is 0.380 e. The van der Waals surface area contributed by atoms with Gasteiger partial charge in [0.1, 0.15) is 0 Å². The molecule has 0 N–H and O–H groups in total. The van der Waals surface area contributed by atoms with E-state index < -0.39 is 17.6 Å². The predicted molar refractivity (Wildman–Crippen MR) is 114 cm³/mol. The molecule has 0 saturated carbocycles. The van der Waals surface area contributed by atoms with Gasteiger partial charge in [-0.05, 0) is 51.4 Å². The Labute approximate surface area is 165 Å². The molecule has 154 valence electrons. The zero-order valence-corrected chi connectivity index (χ0v) is 21.9. The first-order valence-electron chi connectivity index (χ1n) is 10.3. The molecule has 3 unspecified atom stereocenters. The Morgan fingerprint density at radius 2 is 1.50 bits per heavy atom. The van der Waals surface area contributed by atoms with E-state index in [2.05, 4.69) is 13.1 Å². The predicted octanol–water partition coefficient (Wildman–Crippen LogP) is 2.24. The van der Waals surface area contributed by atoms with Crippen molar-refractivity contribution in [2.24, 2.45) is 0 Å². The standard InChI is InChI=1S/C18H40O5Si3/c1-19-26(20-2,21-3)16(14-17(24)10-6-8-12-22-17)15-18(25(4)5)11-7-9-13-23-18/h16,25H,6-15H2,1-5,24H3. The van der Waals surface area contributed by atoms with Crippen molar-refractivity contribution in [2.75, 3.05) is 34.5 Å². The third-order valence-corrected chi connectivity index (χ3v) is 13.7. The SMILES string of the molecule is CO[Si](OC)(OC)C(CC1([SiH3])CCCCO1)CC1([SiH](C)C)CCCCO1. The maximum absolute atomic E-state index is 6.50. The van der Waals surface area contributed by atoms with Gasteiger partial charge in [0.15, 0.2) is 0 Å². The molecule has 5 nitrogen and oxygen atoms in total. The van der Waals surface area contributed by atoms with Crippen LogP contribution in [0, 0.1) is 0 Å². The molecule has 0 aromatic rings. The van der Waals surface area contributed by atoms with Gasteiger partial charge in [0.05, 0.1) is 14.0 Å². The minimum absolute atomic E-state index is 0.0190. The fourth-order valence-corrected chi connectivity index (χ4v) is 11.3. The highest BCUT2D eigenvalue weighted by atomic mass is 28.4. The number of ether oxygens (including phenoxy) is 2. The van der Waals surface area contributed by atoms with Gasteiger partial charge in [0.25, 0.3) is 0 Å². The van der Waals surface area contributed by atoms with Crippen LogP contribution in [0.4, 0.5) is 0 Å². The highest BCUT2D eigenvalue weighted by Gasteiger charge is 2.54. The number of hydrogen-bond acceptors (Lipinski definition) is 5. The van der Waals surface area contributed by atoms with Gasteiger partial charge in [-0.1, -0.05) is 13.1 Å². The average molecular weight is 421 g/mol. The van der Waals surface area contributed by atoms with E-state index in [0.717, 1.165) is 42.7 Å². The van der Waals surface area contributed by atoms with Gasteiger partial charge in [0.2, 0.25) is 0 Å². The zero-order chi connectivity index (χ0) is 19.3. The van der Waals surface area contributed by atoms with Crippen LogP contribution >= 0.6 is 0 Å². The van der Waals surface area contributed by atoms with Crippen molar-refractivity contribution in [1.82, 2.24) is 0 Å². The first-order valence-corrected chi connectivity index (χ1v) is 16.0. The number of hydrogen-bond donors (Lipinski definition) is 0. The van der Waals surface area contributed by atoms with Crippen LogP contribution in [-0.4, -0.2) is 72.8 Å². The Balaban J connectivity index is 2.29. The summed E-state index contributed by atoms with van der Waals surface area (Å²) < 4.78 is 30.7. The van der Waals surface area contributed by atoms with E-state index >= 15 is 0 Å². The van der Waals surface area contributed by atoms with E-state index in [4.69, 9.17) is 22.8 Å². The summed E-state index contributed by atoms with van der Waals surface area (Å²) in [5.74, 6) is 0. The van der Waals surface area contributed by atoms with E-state index in [1.54, 1.807) is 21.3 Å². The molecule has 0 aromatic carbocycles. The molecule has 0 amide bonds. The molecule has 2 saturated heterocycles. The van der Waals surface area contributed by atoms with Crippen molar-refractivity contribution in [2.45, 2.75) is 80.5 Å². The van der Waals surface area contributed by atoms with Crippen LogP contribution in [0.25, 0.3) is 0 Å². The normalized spacial score (nSPS) is 32.1. The summed E-state index contributed by atoms with van der Waals surface area (Å²) in [6.07, 6.45) is 9.19. The second-order valence-electron chi connectivity index (χ2n) is 8.60. The van der Waals surface area contributed by atoms with Crippen molar-refractivity contribution in [3.05, 3.63) is 0 Å². The summed E-state index contributed by atoms with van der Waals surface area (Å²) in [6, 6.07) is 0. The lowest BCUT2D eigenvalue weighted by Gasteiger charge is -2.47. The number of rotatable bonds is 9. The highest BCUT2D eigenvalue weighted by Crippen LogP contribution is 2.45. The fourth-order valence-electron chi connectivity index (χ4n) is 4.89. The van der Waals surface area contributed by atoms with Gasteiger partial charge in [-0.3, -0.25) is 0 Å². The summed E-state index contributed by atoms with van der Waals surface area (Å²) in [5, 5.41) is 0.0501. The molecule has 2 aliphatic heterocycles. The second kappa shape index (κ2) is 9.78. The van der Waals surface area contributed by atoms with Crippen molar-refractivity contribution >= 4 is 27.8 Å². The second-order valence-corrected chi connectivity index (χ2v) is 17.0. The topological polar surface area (TPSA) is 46.2 Å². The lowest BCUT2D eigenvalue weighted by Crippen LogP contribution is -2.56. The van der Waals surface area contributed by atoms with Crippen molar-refractivity contribution in [1.29, 1.82) is 0 Å². The molecule has 8 heteroatoms. The summed E-state index contributed by atoms with van der Waals surface area (Å²) >= 11 is 0. The van der Waals surface area contributed by atoms with Crippen molar-refractivity contribution in [3.63, 3.8) is 0 Å². The Morgan fingerprint density at radius 1 is 0.923 bits per heavy atom. The van der Waals surface area contributed by atoms with Crippen LogP contribution in [0.5, 0.6) is 0 Å². The molecular weight excluding hydrogens is 380 g/mol. The molecule has 26 heavy (non-hydrogen) atoms. The molecule has 2 rings (SSSR count). The molecule has 3 atom stereocenters. The largest absolute Gasteiger partial charge is 0.503 e. The minimum Gasteiger partial charge on any atom is -0.380 e. The third-order valence-electron chi connectivity index (χ3n) is 6.61. The van der Waals surface area contributed by atoms with Crippen LogP contribution in [0.15, 0.2) is 0 Å². The molecule has 0 aliphatic carbocycles. The van der Waals surface area contributed by atoms with Gasteiger partial charge in [-0.15, -0.1) is 0 Å². The lowest BCUT2D eigenvalue weighted by atomic mass is 9.97. The van der Waals surface area contributed by atoms with Crippen LogP contribution in [0.3, 0.4) is 0 Å². The molecule has 2 fully saturated rings. The Morgan fingerprint density at radius 3 is 1.92 bits per heavy atom. The van der Waals surface area contributed by atoms with Crippen molar-refractivity contribution in [3.8, 4) is 0 Å². The van der Waals surface area contributed by atoms with Crippen LogP contribution in [-0.2, 0) is 22.8 Å². The van der Waals surface area contributed by atoms with E-state index in [1.807, 2.05) is 0 Å². The molecule has 0 radical (unpaired) electrons. The van der Waals surface area contributed by atoms with Crippen LogP contribution in [0.2, 0.25) is 18.6 Å². The van der Waals surface area contributed by atoms with E-state index in [1.165, 1.54) is 32.1 Å². The van der Waals surface area contributed by atoms with E-state index in [9.17, 15) is 0 Å². The maximum atomic E-state index is 6.50. The van der Waals surface area contributed by atoms with Gasteiger partial charge in [-0.2, -0.15) is 0 Å².